The predicted molar refractivity (Wildman–Crippen MR) is 121 cm³/mol. The molecular formula is C22H28N8O3. The molecule has 0 atom stereocenters. The lowest BCUT2D eigenvalue weighted by atomic mass is 10.1. The number of carbonyl (C=O) groups excluding carboxylic acids is 2. The van der Waals surface area contributed by atoms with Crippen molar-refractivity contribution in [1.82, 2.24) is 29.8 Å². The third kappa shape index (κ3) is 4.42. The summed E-state index contributed by atoms with van der Waals surface area (Å²) in [5.41, 5.74) is 1.97. The van der Waals surface area contributed by atoms with Crippen molar-refractivity contribution in [1.29, 1.82) is 0 Å². The van der Waals surface area contributed by atoms with Crippen molar-refractivity contribution in [2.45, 2.75) is 38.1 Å². The first kappa shape index (κ1) is 20.5. The lowest BCUT2D eigenvalue weighted by molar-refractivity contribution is -0.124. The average Bonchev–Trinajstić information content (AvgIpc) is 3.71. The van der Waals surface area contributed by atoms with Crippen LogP contribution in [0.4, 0.5) is 11.9 Å². The van der Waals surface area contributed by atoms with E-state index in [9.17, 15) is 9.59 Å². The van der Waals surface area contributed by atoms with E-state index in [1.54, 1.807) is 16.8 Å². The Morgan fingerprint density at radius 2 is 2.03 bits per heavy atom. The summed E-state index contributed by atoms with van der Waals surface area (Å²) in [4.78, 5) is 35.5. The van der Waals surface area contributed by atoms with Crippen LogP contribution in [0.5, 0.6) is 0 Å². The van der Waals surface area contributed by atoms with Gasteiger partial charge in [-0.3, -0.25) is 19.8 Å². The van der Waals surface area contributed by atoms with Gasteiger partial charge in [0.1, 0.15) is 0 Å². The number of fused-ring (bicyclic) bond motifs is 1. The number of aromatic nitrogens is 4. The van der Waals surface area contributed by atoms with Gasteiger partial charge in [-0.15, -0.1) is 0 Å². The molecule has 174 valence electrons. The molecule has 11 heteroatoms. The van der Waals surface area contributed by atoms with Gasteiger partial charge in [0, 0.05) is 48.8 Å². The van der Waals surface area contributed by atoms with E-state index in [2.05, 4.69) is 25.9 Å². The molecule has 4 aliphatic rings. The second kappa shape index (κ2) is 8.07. The smallest absolute Gasteiger partial charge is 0.254 e. The highest BCUT2D eigenvalue weighted by atomic mass is 16.5. The molecule has 0 aromatic carbocycles. The van der Waals surface area contributed by atoms with Crippen molar-refractivity contribution >= 4 is 35.4 Å². The third-order valence-corrected chi connectivity index (χ3v) is 6.77. The number of amides is 2. The molecule has 0 spiro atoms. The van der Waals surface area contributed by atoms with Crippen molar-refractivity contribution in [2.24, 2.45) is 5.41 Å². The lowest BCUT2D eigenvalue weighted by Crippen LogP contribution is -2.41. The number of hydrogen-bond donors (Lipinski definition) is 3. The largest absolute Gasteiger partial charge is 0.379 e. The van der Waals surface area contributed by atoms with E-state index in [0.29, 0.717) is 34.7 Å². The third-order valence-electron chi connectivity index (χ3n) is 6.77. The van der Waals surface area contributed by atoms with Crippen LogP contribution in [0.3, 0.4) is 0 Å². The van der Waals surface area contributed by atoms with Gasteiger partial charge in [-0.1, -0.05) is 0 Å². The van der Waals surface area contributed by atoms with Crippen LogP contribution in [-0.4, -0.2) is 81.7 Å². The fourth-order valence-corrected chi connectivity index (χ4v) is 4.46. The molecule has 4 heterocycles. The maximum atomic E-state index is 12.0. The highest BCUT2D eigenvalue weighted by Crippen LogP contribution is 2.46. The second-order valence-electron chi connectivity index (χ2n) is 9.59. The van der Waals surface area contributed by atoms with E-state index in [1.807, 2.05) is 0 Å². The molecule has 2 aromatic heterocycles. The van der Waals surface area contributed by atoms with Gasteiger partial charge >= 0.3 is 0 Å². The molecule has 11 nitrogen and oxygen atoms in total. The maximum Gasteiger partial charge on any atom is 0.254 e. The Morgan fingerprint density at radius 3 is 2.73 bits per heavy atom. The van der Waals surface area contributed by atoms with E-state index in [0.717, 1.165) is 52.2 Å². The molecule has 2 aliphatic heterocycles. The summed E-state index contributed by atoms with van der Waals surface area (Å²) in [6, 6.07) is 0.399. The second-order valence-corrected chi connectivity index (χ2v) is 9.59. The van der Waals surface area contributed by atoms with Crippen molar-refractivity contribution in [2.75, 3.05) is 50.0 Å². The normalized spacial score (nSPS) is 23.8. The number of nitrogens with one attached hydrogen (secondary N) is 3. The monoisotopic (exact) mass is 452 g/mol. The number of morpholine rings is 1. The van der Waals surface area contributed by atoms with E-state index < -0.39 is 0 Å². The first-order chi connectivity index (χ1) is 16.1. The molecular weight excluding hydrogens is 424 g/mol. The molecule has 2 aliphatic carbocycles. The van der Waals surface area contributed by atoms with Gasteiger partial charge in [0.2, 0.25) is 17.8 Å². The van der Waals surface area contributed by atoms with Crippen molar-refractivity contribution in [3.63, 3.8) is 0 Å². The van der Waals surface area contributed by atoms with Gasteiger partial charge in [0.25, 0.3) is 5.91 Å². The molecule has 6 rings (SSSR count). The standard InChI is InChI=1S/C22H28N8O3/c31-17-10-14(19(32)26-17)9-15-11-24-30-18(15)27-20(28-21(30)25-16-1-2-16)23-12-22(3-4-22)13-29-5-7-33-8-6-29/h9,11,16H,1-8,10,12-13H2,(H,26,31,32)(H2,23,25,27,28)/b14-9+. The highest BCUT2D eigenvalue weighted by Gasteiger charge is 2.44. The van der Waals surface area contributed by atoms with Crippen LogP contribution in [0.2, 0.25) is 0 Å². The molecule has 0 unspecified atom stereocenters. The Labute approximate surface area is 191 Å². The molecule has 33 heavy (non-hydrogen) atoms. The summed E-state index contributed by atoms with van der Waals surface area (Å²) in [7, 11) is 0. The van der Waals surface area contributed by atoms with E-state index in [4.69, 9.17) is 14.7 Å². The Morgan fingerprint density at radius 1 is 1.21 bits per heavy atom. The number of imide groups is 1. The van der Waals surface area contributed by atoms with Crippen LogP contribution in [0.25, 0.3) is 11.7 Å². The van der Waals surface area contributed by atoms with Crippen molar-refractivity contribution in [3.05, 3.63) is 17.3 Å². The van der Waals surface area contributed by atoms with Gasteiger partial charge in [0.05, 0.1) is 25.8 Å². The number of anilines is 2. The van der Waals surface area contributed by atoms with Crippen LogP contribution in [0.1, 0.15) is 37.7 Å². The molecule has 2 saturated carbocycles. The summed E-state index contributed by atoms with van der Waals surface area (Å²) >= 11 is 0. The zero-order valence-corrected chi connectivity index (χ0v) is 18.5. The first-order valence-electron chi connectivity index (χ1n) is 11.7. The molecule has 0 radical (unpaired) electrons. The fourth-order valence-electron chi connectivity index (χ4n) is 4.46. The summed E-state index contributed by atoms with van der Waals surface area (Å²) in [6.07, 6.45) is 8.04. The molecule has 0 bridgehead atoms. The summed E-state index contributed by atoms with van der Waals surface area (Å²) < 4.78 is 7.15. The summed E-state index contributed by atoms with van der Waals surface area (Å²) in [5.74, 6) is 0.540. The van der Waals surface area contributed by atoms with E-state index >= 15 is 0 Å². The van der Waals surface area contributed by atoms with Gasteiger partial charge in [-0.2, -0.15) is 19.6 Å². The zero-order chi connectivity index (χ0) is 22.4. The Balaban J connectivity index is 1.25. The molecule has 2 amide bonds. The van der Waals surface area contributed by atoms with Gasteiger partial charge in [-0.25, -0.2) is 0 Å². The number of rotatable bonds is 8. The van der Waals surface area contributed by atoms with E-state index in [1.165, 1.54) is 12.8 Å². The lowest BCUT2D eigenvalue weighted by Gasteiger charge is -2.30. The van der Waals surface area contributed by atoms with Crippen LogP contribution >= 0.6 is 0 Å². The molecule has 2 aromatic rings. The quantitative estimate of drug-likeness (QED) is 0.391. The van der Waals surface area contributed by atoms with Crippen LogP contribution < -0.4 is 16.0 Å². The maximum absolute atomic E-state index is 12.0. The molecule has 2 saturated heterocycles. The minimum atomic E-state index is -0.359. The Bertz CT molecular complexity index is 1130. The van der Waals surface area contributed by atoms with Crippen LogP contribution in [0.15, 0.2) is 11.8 Å². The summed E-state index contributed by atoms with van der Waals surface area (Å²) in [5, 5.41) is 13.7. The molecule has 4 fully saturated rings. The average molecular weight is 453 g/mol. The van der Waals surface area contributed by atoms with Gasteiger partial charge < -0.3 is 15.4 Å². The first-order valence-corrected chi connectivity index (χ1v) is 11.7. The number of carbonyl (C=O) groups is 2. The number of nitrogens with zero attached hydrogens (tertiary/aromatic N) is 5. The minimum absolute atomic E-state index is 0.0730. The Kier molecular flexibility index (Phi) is 5.02. The Hall–Kier alpha value is -3.05. The van der Waals surface area contributed by atoms with Crippen LogP contribution in [0, 0.1) is 5.41 Å². The SMILES string of the molecule is O=C1C/C(=C\c2cnn3c(NC4CC4)nc(NCC4(CN5CCOCC5)CC4)nc23)C(=O)N1. The number of hydrogen-bond acceptors (Lipinski definition) is 9. The van der Waals surface area contributed by atoms with Crippen LogP contribution in [-0.2, 0) is 14.3 Å². The zero-order valence-electron chi connectivity index (χ0n) is 18.5. The van der Waals surface area contributed by atoms with Gasteiger partial charge in [-0.05, 0) is 31.8 Å². The fraction of sp³-hybridized carbons (Fsp3) is 0.591. The van der Waals surface area contributed by atoms with E-state index in [-0.39, 0.29) is 23.7 Å². The minimum Gasteiger partial charge on any atom is -0.379 e. The van der Waals surface area contributed by atoms with Gasteiger partial charge in [0.15, 0.2) is 5.65 Å². The number of ether oxygens (including phenoxy) is 1. The summed E-state index contributed by atoms with van der Waals surface area (Å²) in [6.45, 7) is 5.47. The predicted octanol–water partition coefficient (Wildman–Crippen LogP) is 0.653. The topological polar surface area (TPSA) is 126 Å². The molecule has 3 N–H and O–H groups in total. The van der Waals surface area contributed by atoms with Crippen molar-refractivity contribution in [3.8, 4) is 0 Å². The van der Waals surface area contributed by atoms with Crippen molar-refractivity contribution < 1.29 is 14.3 Å². The highest BCUT2D eigenvalue weighted by molar-refractivity contribution is 6.15.